The molecule has 2 aromatic rings. The van der Waals surface area contributed by atoms with E-state index < -0.39 is 5.97 Å². The molecule has 2 aromatic heterocycles. The number of rotatable bonds is 4. The van der Waals surface area contributed by atoms with Crippen LogP contribution in [0.3, 0.4) is 0 Å². The second kappa shape index (κ2) is 5.20. The lowest BCUT2D eigenvalue weighted by Gasteiger charge is -2.10. The molecular formula is C13H13N5O2. The highest BCUT2D eigenvalue weighted by Crippen LogP contribution is 2.38. The van der Waals surface area contributed by atoms with Crippen molar-refractivity contribution in [1.82, 2.24) is 19.9 Å². The first-order valence-corrected chi connectivity index (χ1v) is 6.25. The van der Waals surface area contributed by atoms with Gasteiger partial charge in [0.05, 0.1) is 37.1 Å². The predicted molar refractivity (Wildman–Crippen MR) is 70.7 cm³/mol. The summed E-state index contributed by atoms with van der Waals surface area (Å²) in [6.45, 7) is 0. The van der Waals surface area contributed by atoms with Gasteiger partial charge in [-0.15, -0.1) is 0 Å². The smallest absolute Gasteiger partial charge is 0.358 e. The number of carbonyl (C=O) groups is 1. The van der Waals surface area contributed by atoms with E-state index >= 15 is 0 Å². The molecule has 1 aliphatic rings. The fraction of sp³-hybridized carbons (Fsp3) is 0.308. The summed E-state index contributed by atoms with van der Waals surface area (Å²) in [5, 5.41) is 3.02. The number of ether oxygens (including phenoxy) is 1. The molecule has 7 heteroatoms. The highest BCUT2D eigenvalue weighted by Gasteiger charge is 2.28. The van der Waals surface area contributed by atoms with Gasteiger partial charge in [-0.2, -0.15) is 0 Å². The van der Waals surface area contributed by atoms with E-state index in [1.54, 1.807) is 18.6 Å². The van der Waals surface area contributed by atoms with Crippen molar-refractivity contribution in [2.75, 3.05) is 12.4 Å². The summed E-state index contributed by atoms with van der Waals surface area (Å²) < 4.78 is 4.77. The van der Waals surface area contributed by atoms with Crippen molar-refractivity contribution in [3.63, 3.8) is 0 Å². The van der Waals surface area contributed by atoms with Gasteiger partial charge >= 0.3 is 5.97 Å². The van der Waals surface area contributed by atoms with Crippen molar-refractivity contribution < 1.29 is 9.53 Å². The molecule has 0 aromatic carbocycles. The molecule has 102 valence electrons. The SMILES string of the molecule is COC(=O)c1nc(C2CC2)ncc1Nc1cncnc1. The van der Waals surface area contributed by atoms with E-state index in [0.717, 1.165) is 12.8 Å². The Morgan fingerprint density at radius 2 is 2.05 bits per heavy atom. The molecule has 0 aliphatic heterocycles. The average molecular weight is 271 g/mol. The average Bonchev–Trinajstić information content (AvgIpc) is 3.33. The number of methoxy groups -OCH3 is 1. The van der Waals surface area contributed by atoms with E-state index in [9.17, 15) is 4.79 Å². The third-order valence-electron chi connectivity index (χ3n) is 2.97. The Hall–Kier alpha value is -2.57. The molecule has 1 saturated carbocycles. The fourth-order valence-electron chi connectivity index (χ4n) is 1.80. The quantitative estimate of drug-likeness (QED) is 0.846. The van der Waals surface area contributed by atoms with Crippen molar-refractivity contribution in [3.05, 3.63) is 36.4 Å². The van der Waals surface area contributed by atoms with Crippen LogP contribution < -0.4 is 5.32 Å². The van der Waals surface area contributed by atoms with E-state index in [4.69, 9.17) is 4.74 Å². The van der Waals surface area contributed by atoms with Crippen molar-refractivity contribution in [2.45, 2.75) is 18.8 Å². The Labute approximate surface area is 115 Å². The highest BCUT2D eigenvalue weighted by molar-refractivity contribution is 5.94. The van der Waals surface area contributed by atoms with E-state index in [2.05, 4.69) is 25.3 Å². The van der Waals surface area contributed by atoms with Crippen molar-refractivity contribution in [3.8, 4) is 0 Å². The summed E-state index contributed by atoms with van der Waals surface area (Å²) in [6.07, 6.45) is 8.37. The third kappa shape index (κ3) is 2.56. The standard InChI is InChI=1S/C13H13N5O2/c1-20-13(19)11-10(17-9-4-14-7-15-5-9)6-16-12(18-11)8-2-3-8/h4-8,17H,2-3H2,1H3. The van der Waals surface area contributed by atoms with Gasteiger partial charge in [0.25, 0.3) is 0 Å². The zero-order valence-corrected chi connectivity index (χ0v) is 10.9. The van der Waals surface area contributed by atoms with Crippen LogP contribution >= 0.6 is 0 Å². The van der Waals surface area contributed by atoms with Gasteiger partial charge in [0.1, 0.15) is 12.2 Å². The minimum atomic E-state index is -0.492. The maximum atomic E-state index is 11.8. The number of anilines is 2. The molecule has 0 amide bonds. The number of hydrogen-bond donors (Lipinski definition) is 1. The Kier molecular flexibility index (Phi) is 3.24. The molecule has 1 N–H and O–H groups in total. The lowest BCUT2D eigenvalue weighted by molar-refractivity contribution is 0.0594. The van der Waals surface area contributed by atoms with Crippen LogP contribution in [0.5, 0.6) is 0 Å². The number of esters is 1. The molecule has 0 bridgehead atoms. The molecule has 0 spiro atoms. The summed E-state index contributed by atoms with van der Waals surface area (Å²) in [4.78, 5) is 28.2. The van der Waals surface area contributed by atoms with Crippen LogP contribution in [-0.4, -0.2) is 33.0 Å². The van der Waals surface area contributed by atoms with Gasteiger partial charge in [-0.3, -0.25) is 0 Å². The lowest BCUT2D eigenvalue weighted by atomic mass is 10.3. The number of carbonyl (C=O) groups excluding carboxylic acids is 1. The largest absolute Gasteiger partial charge is 0.464 e. The van der Waals surface area contributed by atoms with Gasteiger partial charge in [0.2, 0.25) is 0 Å². The molecule has 7 nitrogen and oxygen atoms in total. The van der Waals surface area contributed by atoms with Gasteiger partial charge in [-0.25, -0.2) is 24.7 Å². The molecule has 0 saturated heterocycles. The van der Waals surface area contributed by atoms with Gasteiger partial charge in [0, 0.05) is 5.92 Å². The van der Waals surface area contributed by atoms with Crippen molar-refractivity contribution in [2.24, 2.45) is 0 Å². The van der Waals surface area contributed by atoms with Crippen LogP contribution in [0.2, 0.25) is 0 Å². The highest BCUT2D eigenvalue weighted by atomic mass is 16.5. The Bertz CT molecular complexity index is 628. The van der Waals surface area contributed by atoms with Crippen LogP contribution in [0, 0.1) is 0 Å². The third-order valence-corrected chi connectivity index (χ3v) is 2.97. The maximum Gasteiger partial charge on any atom is 0.358 e. The van der Waals surface area contributed by atoms with Crippen LogP contribution in [0.1, 0.15) is 35.1 Å². The molecule has 0 unspecified atom stereocenters. The van der Waals surface area contributed by atoms with Crippen LogP contribution in [-0.2, 0) is 4.74 Å². The molecule has 1 fully saturated rings. The van der Waals surface area contributed by atoms with Gasteiger partial charge < -0.3 is 10.1 Å². The molecule has 20 heavy (non-hydrogen) atoms. The molecule has 3 rings (SSSR count). The molecule has 0 atom stereocenters. The molecular weight excluding hydrogens is 258 g/mol. The second-order valence-electron chi connectivity index (χ2n) is 4.51. The van der Waals surface area contributed by atoms with Gasteiger partial charge in [0.15, 0.2) is 5.69 Å². The second-order valence-corrected chi connectivity index (χ2v) is 4.51. The fourth-order valence-corrected chi connectivity index (χ4v) is 1.80. The predicted octanol–water partition coefficient (Wildman–Crippen LogP) is 1.67. The molecule has 1 aliphatic carbocycles. The monoisotopic (exact) mass is 271 g/mol. The first-order chi connectivity index (χ1) is 9.78. The van der Waals surface area contributed by atoms with E-state index in [1.165, 1.54) is 13.4 Å². The van der Waals surface area contributed by atoms with Gasteiger partial charge in [-0.05, 0) is 12.8 Å². The molecule has 2 heterocycles. The van der Waals surface area contributed by atoms with Crippen molar-refractivity contribution >= 4 is 17.3 Å². The lowest BCUT2D eigenvalue weighted by Crippen LogP contribution is -2.11. The summed E-state index contributed by atoms with van der Waals surface area (Å²) in [6, 6.07) is 0. The summed E-state index contributed by atoms with van der Waals surface area (Å²) >= 11 is 0. The molecule has 0 radical (unpaired) electrons. The van der Waals surface area contributed by atoms with Crippen LogP contribution in [0.25, 0.3) is 0 Å². The van der Waals surface area contributed by atoms with E-state index in [1.807, 2.05) is 0 Å². The summed E-state index contributed by atoms with van der Waals surface area (Å²) in [5.41, 5.74) is 1.37. The minimum absolute atomic E-state index is 0.230. The zero-order chi connectivity index (χ0) is 13.9. The number of aromatic nitrogens is 4. The Morgan fingerprint density at radius 1 is 1.30 bits per heavy atom. The number of hydrogen-bond acceptors (Lipinski definition) is 7. The van der Waals surface area contributed by atoms with E-state index in [-0.39, 0.29) is 5.69 Å². The summed E-state index contributed by atoms with van der Waals surface area (Å²) in [7, 11) is 1.33. The van der Waals surface area contributed by atoms with Crippen LogP contribution in [0.4, 0.5) is 11.4 Å². The zero-order valence-electron chi connectivity index (χ0n) is 10.9. The first kappa shape index (κ1) is 12.5. The summed E-state index contributed by atoms with van der Waals surface area (Å²) in [5.74, 6) is 0.571. The maximum absolute atomic E-state index is 11.8. The minimum Gasteiger partial charge on any atom is -0.464 e. The van der Waals surface area contributed by atoms with Crippen molar-refractivity contribution in [1.29, 1.82) is 0 Å². The Morgan fingerprint density at radius 3 is 2.70 bits per heavy atom. The van der Waals surface area contributed by atoms with Gasteiger partial charge in [-0.1, -0.05) is 0 Å². The number of nitrogens with zero attached hydrogens (tertiary/aromatic N) is 4. The topological polar surface area (TPSA) is 89.9 Å². The number of nitrogens with one attached hydrogen (secondary N) is 1. The Balaban J connectivity index is 1.94. The normalized spacial score (nSPS) is 13.8. The van der Waals surface area contributed by atoms with E-state index in [0.29, 0.717) is 23.1 Å². The first-order valence-electron chi connectivity index (χ1n) is 6.25. The van der Waals surface area contributed by atoms with Crippen LogP contribution in [0.15, 0.2) is 24.9 Å².